The van der Waals surface area contributed by atoms with Crippen molar-refractivity contribution >= 4 is 15.7 Å². The van der Waals surface area contributed by atoms with Crippen molar-refractivity contribution in [2.75, 3.05) is 13.2 Å². The second kappa shape index (κ2) is 7.75. The molecular weight excluding hydrogens is 199 g/mol. The molecule has 0 heterocycles. The van der Waals surface area contributed by atoms with Crippen LogP contribution in [0.5, 0.6) is 0 Å². The molecule has 0 aromatic carbocycles. The summed E-state index contributed by atoms with van der Waals surface area (Å²) in [6.07, 6.45) is 0.886. The van der Waals surface area contributed by atoms with E-state index in [1.807, 2.05) is 0 Å². The molecular formula is C7H11FO4S. The van der Waals surface area contributed by atoms with E-state index >= 15 is 0 Å². The summed E-state index contributed by atoms with van der Waals surface area (Å²) in [5, 5.41) is 0.988. The quantitative estimate of drug-likeness (QED) is 0.474. The van der Waals surface area contributed by atoms with Gasteiger partial charge in [-0.05, 0) is 6.92 Å². The summed E-state index contributed by atoms with van der Waals surface area (Å²) in [4.78, 5) is 0. The van der Waals surface area contributed by atoms with Crippen molar-refractivity contribution in [3.63, 3.8) is 0 Å². The zero-order valence-electron chi connectivity index (χ0n) is 7.14. The van der Waals surface area contributed by atoms with Gasteiger partial charge in [-0.3, -0.25) is 0 Å². The Morgan fingerprint density at radius 1 is 1.54 bits per heavy atom. The fourth-order valence-corrected chi connectivity index (χ4v) is 0.724. The molecule has 0 spiro atoms. The molecule has 0 aliphatic carbocycles. The second-order valence-electron chi connectivity index (χ2n) is 2.17. The lowest BCUT2D eigenvalue weighted by Gasteiger charge is -2.09. The van der Waals surface area contributed by atoms with Gasteiger partial charge in [-0.1, -0.05) is 0 Å². The highest BCUT2D eigenvalue weighted by Gasteiger charge is 1.99. The summed E-state index contributed by atoms with van der Waals surface area (Å²) in [5.74, 6) is 0. The van der Waals surface area contributed by atoms with E-state index in [-0.39, 0.29) is 25.6 Å². The van der Waals surface area contributed by atoms with Gasteiger partial charge in [0.05, 0.1) is 18.1 Å². The summed E-state index contributed by atoms with van der Waals surface area (Å²) in [6.45, 7) is 1.87. The monoisotopic (exact) mass is 210 g/mol. The maximum Gasteiger partial charge on any atom is 0.212 e. The molecule has 1 unspecified atom stereocenters. The molecule has 0 fully saturated rings. The van der Waals surface area contributed by atoms with Gasteiger partial charge in [-0.15, -0.1) is 0 Å². The van der Waals surface area contributed by atoms with Gasteiger partial charge in [0.25, 0.3) is 0 Å². The average molecular weight is 210 g/mol. The summed E-state index contributed by atoms with van der Waals surface area (Å²) in [7, 11) is -2.20. The lowest BCUT2D eigenvalue weighted by Crippen LogP contribution is -2.15. The maximum absolute atomic E-state index is 11.4. The van der Waals surface area contributed by atoms with Crippen molar-refractivity contribution in [2.24, 2.45) is 0 Å². The molecule has 0 radical (unpaired) electrons. The molecule has 0 aromatic heterocycles. The van der Waals surface area contributed by atoms with Crippen LogP contribution in [0.25, 0.3) is 0 Å². The molecule has 1 atom stereocenters. The minimum atomic E-state index is -2.20. The summed E-state index contributed by atoms with van der Waals surface area (Å²) in [5.41, 5.74) is 0. The summed E-state index contributed by atoms with van der Waals surface area (Å²) >= 11 is 0. The molecule has 0 rings (SSSR count). The molecule has 0 aliphatic rings. The Hall–Kier alpha value is -0.880. The number of rotatable bonds is 6. The van der Waals surface area contributed by atoms with Crippen LogP contribution < -0.4 is 0 Å². The zero-order chi connectivity index (χ0) is 10.1. The van der Waals surface area contributed by atoms with Gasteiger partial charge in [-0.2, -0.15) is 8.42 Å². The van der Waals surface area contributed by atoms with E-state index in [2.05, 4.69) is 4.74 Å². The standard InChI is InChI=1S/C7H11FO4S/c1-7(6-11-3-2-8)12-4-5-13(9)10/h2-3,5,7H,4,6H2,1H3. The van der Waals surface area contributed by atoms with Crippen LogP contribution in [-0.4, -0.2) is 33.1 Å². The SMILES string of the molecule is CC(COC=CF)OCC=S(=O)=O. The first-order valence-corrected chi connectivity index (χ1v) is 4.70. The van der Waals surface area contributed by atoms with Crippen molar-refractivity contribution < 1.29 is 22.3 Å². The van der Waals surface area contributed by atoms with Crippen molar-refractivity contribution in [2.45, 2.75) is 13.0 Å². The normalized spacial score (nSPS) is 12.8. The van der Waals surface area contributed by atoms with Gasteiger partial charge >= 0.3 is 0 Å². The van der Waals surface area contributed by atoms with Gasteiger partial charge in [0.15, 0.2) is 0 Å². The van der Waals surface area contributed by atoms with Crippen LogP contribution in [0.15, 0.2) is 12.6 Å². The zero-order valence-corrected chi connectivity index (χ0v) is 7.96. The van der Waals surface area contributed by atoms with Crippen LogP contribution in [-0.2, 0) is 19.8 Å². The van der Waals surface area contributed by atoms with Gasteiger partial charge in [0.1, 0.15) is 19.2 Å². The maximum atomic E-state index is 11.4. The van der Waals surface area contributed by atoms with E-state index in [0.717, 1.165) is 11.6 Å². The van der Waals surface area contributed by atoms with Crippen LogP contribution in [0, 0.1) is 0 Å². The summed E-state index contributed by atoms with van der Waals surface area (Å²) < 4.78 is 41.0. The molecule has 0 saturated carbocycles. The largest absolute Gasteiger partial charge is 0.496 e. The number of hydrogen-bond donors (Lipinski definition) is 0. The number of ether oxygens (including phenoxy) is 2. The highest BCUT2D eigenvalue weighted by molar-refractivity contribution is 7.71. The van der Waals surface area contributed by atoms with Crippen molar-refractivity contribution in [1.29, 1.82) is 0 Å². The van der Waals surface area contributed by atoms with E-state index in [1.165, 1.54) is 0 Å². The molecule has 0 aromatic rings. The van der Waals surface area contributed by atoms with Crippen LogP contribution >= 0.6 is 0 Å². The molecule has 76 valence electrons. The Morgan fingerprint density at radius 2 is 2.23 bits per heavy atom. The highest BCUT2D eigenvalue weighted by atomic mass is 32.2. The van der Waals surface area contributed by atoms with Gasteiger partial charge in [0, 0.05) is 0 Å². The van der Waals surface area contributed by atoms with Gasteiger partial charge in [0.2, 0.25) is 10.3 Å². The predicted molar refractivity (Wildman–Crippen MR) is 46.6 cm³/mol. The first kappa shape index (κ1) is 12.1. The van der Waals surface area contributed by atoms with Gasteiger partial charge < -0.3 is 9.47 Å². The van der Waals surface area contributed by atoms with E-state index in [9.17, 15) is 12.8 Å². The Kier molecular flexibility index (Phi) is 7.23. The van der Waals surface area contributed by atoms with Crippen molar-refractivity contribution in [1.82, 2.24) is 0 Å². The smallest absolute Gasteiger partial charge is 0.212 e. The lowest BCUT2D eigenvalue weighted by molar-refractivity contribution is 0.0413. The Morgan fingerprint density at radius 3 is 2.77 bits per heavy atom. The van der Waals surface area contributed by atoms with Crippen molar-refractivity contribution in [3.8, 4) is 0 Å². The second-order valence-corrected chi connectivity index (χ2v) is 3.02. The molecule has 4 nitrogen and oxygen atoms in total. The fraction of sp³-hybridized carbons (Fsp3) is 0.571. The molecule has 13 heavy (non-hydrogen) atoms. The Labute approximate surface area is 77.5 Å². The Balaban J connectivity index is 3.51. The number of hydrogen-bond acceptors (Lipinski definition) is 4. The minimum Gasteiger partial charge on any atom is -0.496 e. The van der Waals surface area contributed by atoms with E-state index in [0.29, 0.717) is 0 Å². The molecule has 0 bridgehead atoms. The lowest BCUT2D eigenvalue weighted by atomic mass is 10.4. The molecule has 6 heteroatoms. The molecule has 0 N–H and O–H groups in total. The van der Waals surface area contributed by atoms with Crippen LogP contribution in [0.3, 0.4) is 0 Å². The molecule has 0 amide bonds. The van der Waals surface area contributed by atoms with Crippen LogP contribution in [0.2, 0.25) is 0 Å². The topological polar surface area (TPSA) is 52.6 Å². The minimum absolute atomic E-state index is 0.0000228. The third-order valence-corrected chi connectivity index (χ3v) is 1.47. The third-order valence-electron chi connectivity index (χ3n) is 1.06. The van der Waals surface area contributed by atoms with Crippen LogP contribution in [0.1, 0.15) is 6.92 Å². The summed E-state index contributed by atoms with van der Waals surface area (Å²) in [6, 6.07) is 0. The Bertz CT molecular complexity index is 262. The predicted octanol–water partition coefficient (Wildman–Crippen LogP) is 0.530. The van der Waals surface area contributed by atoms with E-state index < -0.39 is 10.3 Å². The average Bonchev–Trinajstić information content (AvgIpc) is 2.04. The van der Waals surface area contributed by atoms with Crippen molar-refractivity contribution in [3.05, 3.63) is 12.6 Å². The molecule has 0 aliphatic heterocycles. The first-order valence-electron chi connectivity index (χ1n) is 3.56. The van der Waals surface area contributed by atoms with E-state index in [1.54, 1.807) is 6.92 Å². The highest BCUT2D eigenvalue weighted by Crippen LogP contribution is 1.91. The third kappa shape index (κ3) is 9.03. The van der Waals surface area contributed by atoms with Crippen LogP contribution in [0.4, 0.5) is 4.39 Å². The fourth-order valence-electron chi connectivity index (χ4n) is 0.535. The van der Waals surface area contributed by atoms with E-state index in [4.69, 9.17) is 4.74 Å². The first-order chi connectivity index (χ1) is 6.16. The number of halogens is 1. The van der Waals surface area contributed by atoms with Gasteiger partial charge in [-0.25, -0.2) is 4.39 Å². The molecule has 0 saturated heterocycles.